The summed E-state index contributed by atoms with van der Waals surface area (Å²) in [6, 6.07) is 8.87. The van der Waals surface area contributed by atoms with Crippen molar-refractivity contribution in [2.24, 2.45) is 23.7 Å². The van der Waals surface area contributed by atoms with Crippen LogP contribution in [0.15, 0.2) is 24.3 Å². The van der Waals surface area contributed by atoms with Crippen molar-refractivity contribution in [1.82, 2.24) is 0 Å². The highest BCUT2D eigenvalue weighted by atomic mass is 14.9. The highest BCUT2D eigenvalue weighted by Gasteiger charge is 2.42. The van der Waals surface area contributed by atoms with Gasteiger partial charge in [0.25, 0.3) is 0 Å². The van der Waals surface area contributed by atoms with Gasteiger partial charge in [0.2, 0.25) is 0 Å². The van der Waals surface area contributed by atoms with Crippen molar-refractivity contribution in [3.63, 3.8) is 0 Å². The van der Waals surface area contributed by atoms with Crippen molar-refractivity contribution in [1.29, 1.82) is 0 Å². The molecule has 4 unspecified atom stereocenters. The lowest BCUT2D eigenvalue weighted by molar-refractivity contribution is 0.352. The largest absolute Gasteiger partial charge is 0.385 e. The average Bonchev–Trinajstić information content (AvgIpc) is 2.56. The molecule has 0 aromatic heterocycles. The van der Waals surface area contributed by atoms with Crippen molar-refractivity contribution in [3.8, 4) is 0 Å². The summed E-state index contributed by atoms with van der Waals surface area (Å²) >= 11 is 0. The zero-order valence-electron chi connectivity index (χ0n) is 12.4. The Morgan fingerprint density at radius 2 is 1.44 bits per heavy atom. The summed E-state index contributed by atoms with van der Waals surface area (Å²) in [5, 5.41) is 3.52. The van der Waals surface area contributed by atoms with Crippen LogP contribution in [0.2, 0.25) is 0 Å². The van der Waals surface area contributed by atoms with E-state index < -0.39 is 0 Å². The number of nitrogens with one attached hydrogen (secondary N) is 1. The molecule has 1 aliphatic rings. The molecule has 1 nitrogen and oxygen atoms in total. The molecular weight excluding hydrogens is 218 g/mol. The third kappa shape index (κ3) is 2.15. The summed E-state index contributed by atoms with van der Waals surface area (Å²) < 4.78 is 0. The van der Waals surface area contributed by atoms with Crippen LogP contribution in [-0.2, 0) is 0 Å². The molecule has 1 fully saturated rings. The number of para-hydroxylation sites is 1. The van der Waals surface area contributed by atoms with Crippen LogP contribution in [-0.4, -0.2) is 6.54 Å². The van der Waals surface area contributed by atoms with Crippen LogP contribution in [0.4, 0.5) is 5.69 Å². The van der Waals surface area contributed by atoms with Crippen LogP contribution in [0.5, 0.6) is 0 Å². The van der Waals surface area contributed by atoms with E-state index in [1.807, 2.05) is 0 Å². The molecule has 0 spiro atoms. The Morgan fingerprint density at radius 3 is 2.00 bits per heavy atom. The van der Waals surface area contributed by atoms with E-state index in [1.165, 1.54) is 11.3 Å². The van der Waals surface area contributed by atoms with Crippen molar-refractivity contribution >= 4 is 5.69 Å². The van der Waals surface area contributed by atoms with E-state index in [0.717, 1.165) is 30.2 Å². The molecule has 1 aromatic rings. The van der Waals surface area contributed by atoms with Crippen LogP contribution in [0, 0.1) is 23.7 Å². The topological polar surface area (TPSA) is 12.0 Å². The van der Waals surface area contributed by atoms with Gasteiger partial charge in [-0.15, -0.1) is 0 Å². The SMILES string of the molecule is CCNc1ccccc1C1C(C)C(C)C(C)C1C. The van der Waals surface area contributed by atoms with Gasteiger partial charge < -0.3 is 5.32 Å². The molecule has 18 heavy (non-hydrogen) atoms. The van der Waals surface area contributed by atoms with Crippen LogP contribution in [0.1, 0.15) is 46.1 Å². The van der Waals surface area contributed by atoms with E-state index in [-0.39, 0.29) is 0 Å². The summed E-state index contributed by atoms with van der Waals surface area (Å²) in [5.74, 6) is 3.88. The zero-order valence-corrected chi connectivity index (χ0v) is 12.4. The second-order valence-electron chi connectivity index (χ2n) is 6.08. The van der Waals surface area contributed by atoms with Crippen molar-refractivity contribution < 1.29 is 0 Å². The fourth-order valence-corrected chi connectivity index (χ4v) is 3.80. The van der Waals surface area contributed by atoms with Gasteiger partial charge in [0.15, 0.2) is 0 Å². The predicted octanol–water partition coefficient (Wildman–Crippen LogP) is 4.76. The number of rotatable bonds is 3. The van der Waals surface area contributed by atoms with Crippen LogP contribution >= 0.6 is 0 Å². The summed E-state index contributed by atoms with van der Waals surface area (Å²) in [6.07, 6.45) is 0. The van der Waals surface area contributed by atoms with Crippen LogP contribution in [0.25, 0.3) is 0 Å². The van der Waals surface area contributed by atoms with E-state index in [9.17, 15) is 0 Å². The van der Waals surface area contributed by atoms with Crippen molar-refractivity contribution in [2.75, 3.05) is 11.9 Å². The number of anilines is 1. The highest BCUT2D eigenvalue weighted by Crippen LogP contribution is 2.51. The molecule has 1 aliphatic carbocycles. The van der Waals surface area contributed by atoms with Gasteiger partial charge in [0.1, 0.15) is 0 Å². The molecule has 0 amide bonds. The molecule has 0 heterocycles. The lowest BCUT2D eigenvalue weighted by atomic mass is 9.82. The third-order valence-corrected chi connectivity index (χ3v) is 5.31. The Hall–Kier alpha value is -0.980. The molecule has 1 saturated carbocycles. The van der Waals surface area contributed by atoms with E-state index in [0.29, 0.717) is 5.92 Å². The molecule has 0 aliphatic heterocycles. The van der Waals surface area contributed by atoms with Gasteiger partial charge in [0, 0.05) is 12.2 Å². The quantitative estimate of drug-likeness (QED) is 0.809. The third-order valence-electron chi connectivity index (χ3n) is 5.31. The van der Waals surface area contributed by atoms with Gasteiger partial charge in [-0.1, -0.05) is 45.9 Å². The fourth-order valence-electron chi connectivity index (χ4n) is 3.80. The molecule has 2 rings (SSSR count). The Balaban J connectivity index is 2.36. The van der Waals surface area contributed by atoms with Gasteiger partial charge in [0.05, 0.1) is 0 Å². The normalized spacial score (nSPS) is 35.7. The molecule has 0 bridgehead atoms. The van der Waals surface area contributed by atoms with E-state index in [2.05, 4.69) is 64.2 Å². The van der Waals surface area contributed by atoms with Gasteiger partial charge in [-0.05, 0) is 48.1 Å². The maximum absolute atomic E-state index is 3.52. The minimum atomic E-state index is 0.699. The second kappa shape index (κ2) is 5.34. The maximum Gasteiger partial charge on any atom is 0.0375 e. The summed E-state index contributed by atoms with van der Waals surface area (Å²) in [5.41, 5.74) is 2.86. The van der Waals surface area contributed by atoms with Crippen molar-refractivity contribution in [2.45, 2.75) is 40.5 Å². The first kappa shape index (κ1) is 13.5. The Labute approximate surface area is 112 Å². The lowest BCUT2D eigenvalue weighted by Crippen LogP contribution is -2.13. The summed E-state index contributed by atoms with van der Waals surface area (Å²) in [7, 11) is 0. The van der Waals surface area contributed by atoms with Gasteiger partial charge >= 0.3 is 0 Å². The molecule has 4 atom stereocenters. The van der Waals surface area contributed by atoms with Gasteiger partial charge in [-0.3, -0.25) is 0 Å². The first-order valence-electron chi connectivity index (χ1n) is 7.40. The molecule has 1 heteroatoms. The number of benzene rings is 1. The molecule has 100 valence electrons. The molecule has 1 N–H and O–H groups in total. The minimum absolute atomic E-state index is 0.699. The zero-order chi connectivity index (χ0) is 13.3. The smallest absolute Gasteiger partial charge is 0.0375 e. The van der Waals surface area contributed by atoms with Crippen LogP contribution < -0.4 is 5.32 Å². The molecule has 0 saturated heterocycles. The van der Waals surface area contributed by atoms with Gasteiger partial charge in [-0.25, -0.2) is 0 Å². The predicted molar refractivity (Wildman–Crippen MR) is 80.0 cm³/mol. The molecular formula is C17H27N. The maximum atomic E-state index is 3.52. The number of hydrogen-bond acceptors (Lipinski definition) is 1. The fraction of sp³-hybridized carbons (Fsp3) is 0.647. The molecule has 0 radical (unpaired) electrons. The first-order chi connectivity index (χ1) is 8.57. The molecule has 1 aromatic carbocycles. The van der Waals surface area contributed by atoms with E-state index >= 15 is 0 Å². The Kier molecular flexibility index (Phi) is 3.99. The summed E-state index contributed by atoms with van der Waals surface area (Å²) in [6.45, 7) is 12.9. The van der Waals surface area contributed by atoms with E-state index in [1.54, 1.807) is 0 Å². The number of hydrogen-bond donors (Lipinski definition) is 1. The van der Waals surface area contributed by atoms with Crippen LogP contribution in [0.3, 0.4) is 0 Å². The standard InChI is InChI=1S/C17H27N/c1-6-18-16-10-8-7-9-15(16)17-13(4)11(2)12(3)14(17)5/h7-14,17-18H,6H2,1-5H3. The monoisotopic (exact) mass is 245 g/mol. The average molecular weight is 245 g/mol. The highest BCUT2D eigenvalue weighted by molar-refractivity contribution is 5.53. The minimum Gasteiger partial charge on any atom is -0.385 e. The van der Waals surface area contributed by atoms with E-state index in [4.69, 9.17) is 0 Å². The Morgan fingerprint density at radius 1 is 0.889 bits per heavy atom. The second-order valence-corrected chi connectivity index (χ2v) is 6.08. The first-order valence-corrected chi connectivity index (χ1v) is 7.40. The summed E-state index contributed by atoms with van der Waals surface area (Å²) in [4.78, 5) is 0. The van der Waals surface area contributed by atoms with Gasteiger partial charge in [-0.2, -0.15) is 0 Å². The van der Waals surface area contributed by atoms with Crippen molar-refractivity contribution in [3.05, 3.63) is 29.8 Å². The Bertz CT molecular complexity index is 384. The lowest BCUT2D eigenvalue weighted by Gasteiger charge is -2.25.